The minimum atomic E-state index is 0.699. The van der Waals surface area contributed by atoms with Gasteiger partial charge in [0.1, 0.15) is 0 Å². The second-order valence-electron chi connectivity index (χ2n) is 5.47. The molecule has 0 spiro atoms. The lowest BCUT2D eigenvalue weighted by atomic mass is 9.94. The van der Waals surface area contributed by atoms with Gasteiger partial charge < -0.3 is 10.2 Å². The molecule has 1 fully saturated rings. The Hall–Kier alpha value is -0.450. The zero-order valence-electron chi connectivity index (χ0n) is 11.6. The van der Waals surface area contributed by atoms with E-state index in [2.05, 4.69) is 34.7 Å². The maximum absolute atomic E-state index is 4.37. The van der Waals surface area contributed by atoms with Crippen LogP contribution >= 0.6 is 11.3 Å². The molecule has 1 N–H and O–H groups in total. The van der Waals surface area contributed by atoms with E-state index in [1.807, 2.05) is 5.51 Å². The molecular weight excluding hydrogens is 242 g/mol. The molecule has 18 heavy (non-hydrogen) atoms. The van der Waals surface area contributed by atoms with Gasteiger partial charge in [-0.1, -0.05) is 19.3 Å². The smallest absolute Gasteiger partial charge is 0.0795 e. The molecule has 1 aromatic heterocycles. The van der Waals surface area contributed by atoms with E-state index in [9.17, 15) is 0 Å². The topological polar surface area (TPSA) is 28.2 Å². The molecule has 1 heterocycles. The van der Waals surface area contributed by atoms with Crippen LogP contribution in [0.15, 0.2) is 10.9 Å². The van der Waals surface area contributed by atoms with Gasteiger partial charge in [-0.3, -0.25) is 0 Å². The summed E-state index contributed by atoms with van der Waals surface area (Å²) in [6.45, 7) is 2.17. The molecule has 0 saturated heterocycles. The molecular formula is C14H25N3S. The lowest BCUT2D eigenvalue weighted by Gasteiger charge is -2.29. The first-order valence-corrected chi connectivity index (χ1v) is 7.96. The number of hydrogen-bond donors (Lipinski definition) is 1. The molecule has 1 aromatic rings. The molecule has 2 unspecified atom stereocenters. The molecule has 0 amide bonds. The summed E-state index contributed by atoms with van der Waals surface area (Å²) < 4.78 is 0. The van der Waals surface area contributed by atoms with Crippen molar-refractivity contribution in [1.82, 2.24) is 15.2 Å². The van der Waals surface area contributed by atoms with Crippen molar-refractivity contribution in [2.24, 2.45) is 5.92 Å². The van der Waals surface area contributed by atoms with Crippen LogP contribution in [-0.4, -0.2) is 36.6 Å². The average molecular weight is 267 g/mol. The number of thiazole rings is 1. The average Bonchev–Trinajstić information content (AvgIpc) is 2.75. The highest BCUT2D eigenvalue weighted by molar-refractivity contribution is 7.07. The van der Waals surface area contributed by atoms with Crippen molar-refractivity contribution in [2.75, 3.05) is 20.6 Å². The van der Waals surface area contributed by atoms with E-state index in [1.165, 1.54) is 44.3 Å². The van der Waals surface area contributed by atoms with Crippen molar-refractivity contribution in [3.63, 3.8) is 0 Å². The Bertz CT molecular complexity index is 326. The summed E-state index contributed by atoms with van der Waals surface area (Å²) in [7, 11) is 4.33. The van der Waals surface area contributed by atoms with Gasteiger partial charge in [0.2, 0.25) is 0 Å². The SMILES string of the molecule is CNC1CCCCCC1CN(C)Cc1cscn1. The molecule has 0 radical (unpaired) electrons. The maximum Gasteiger partial charge on any atom is 0.0795 e. The van der Waals surface area contributed by atoms with Crippen LogP contribution in [-0.2, 0) is 6.54 Å². The standard InChI is InChI=1S/C14H25N3S/c1-15-14-7-5-3-4-6-12(14)8-17(2)9-13-10-18-11-16-13/h10-12,14-15H,3-9H2,1-2H3. The summed E-state index contributed by atoms with van der Waals surface area (Å²) in [4.78, 5) is 6.79. The maximum atomic E-state index is 4.37. The first kappa shape index (κ1) is 14.0. The van der Waals surface area contributed by atoms with Crippen LogP contribution in [0.5, 0.6) is 0 Å². The first-order valence-electron chi connectivity index (χ1n) is 7.02. The quantitative estimate of drug-likeness (QED) is 0.832. The molecule has 2 rings (SSSR count). The Morgan fingerprint density at radius 1 is 1.39 bits per heavy atom. The molecule has 1 saturated carbocycles. The minimum absolute atomic E-state index is 0.699. The van der Waals surface area contributed by atoms with E-state index in [1.54, 1.807) is 11.3 Å². The third-order valence-corrected chi connectivity index (χ3v) is 4.63. The van der Waals surface area contributed by atoms with Gasteiger partial charge in [-0.05, 0) is 32.9 Å². The number of nitrogens with zero attached hydrogens (tertiary/aromatic N) is 2. The fraction of sp³-hybridized carbons (Fsp3) is 0.786. The molecule has 0 bridgehead atoms. The van der Waals surface area contributed by atoms with Gasteiger partial charge >= 0.3 is 0 Å². The van der Waals surface area contributed by atoms with Gasteiger partial charge in [0.15, 0.2) is 0 Å². The van der Waals surface area contributed by atoms with Crippen LogP contribution in [0.3, 0.4) is 0 Å². The van der Waals surface area contributed by atoms with Crippen molar-refractivity contribution in [3.05, 3.63) is 16.6 Å². The summed E-state index contributed by atoms with van der Waals surface area (Å²) >= 11 is 1.69. The molecule has 1 aliphatic carbocycles. The zero-order valence-corrected chi connectivity index (χ0v) is 12.4. The lowest BCUT2D eigenvalue weighted by molar-refractivity contribution is 0.222. The Morgan fingerprint density at radius 2 is 2.22 bits per heavy atom. The Morgan fingerprint density at radius 3 is 2.94 bits per heavy atom. The second-order valence-corrected chi connectivity index (χ2v) is 6.19. The predicted octanol–water partition coefficient (Wildman–Crippen LogP) is 2.74. The van der Waals surface area contributed by atoms with Crippen LogP contribution < -0.4 is 5.32 Å². The molecule has 0 aromatic carbocycles. The van der Waals surface area contributed by atoms with Crippen LogP contribution in [0.1, 0.15) is 37.8 Å². The van der Waals surface area contributed by atoms with Crippen molar-refractivity contribution < 1.29 is 0 Å². The molecule has 2 atom stereocenters. The van der Waals surface area contributed by atoms with E-state index in [0.717, 1.165) is 12.5 Å². The van der Waals surface area contributed by atoms with Crippen LogP contribution in [0.25, 0.3) is 0 Å². The van der Waals surface area contributed by atoms with E-state index in [0.29, 0.717) is 6.04 Å². The van der Waals surface area contributed by atoms with Crippen LogP contribution in [0.2, 0.25) is 0 Å². The van der Waals surface area contributed by atoms with Gasteiger partial charge in [0.05, 0.1) is 11.2 Å². The Kier molecular flexibility index (Phi) is 5.60. The predicted molar refractivity (Wildman–Crippen MR) is 77.9 cm³/mol. The highest BCUT2D eigenvalue weighted by Crippen LogP contribution is 2.24. The van der Waals surface area contributed by atoms with Gasteiger partial charge in [-0.25, -0.2) is 4.98 Å². The fourth-order valence-electron chi connectivity index (χ4n) is 3.04. The largest absolute Gasteiger partial charge is 0.317 e. The van der Waals surface area contributed by atoms with E-state index >= 15 is 0 Å². The highest BCUT2D eigenvalue weighted by atomic mass is 32.1. The number of hydrogen-bond acceptors (Lipinski definition) is 4. The van der Waals surface area contributed by atoms with E-state index < -0.39 is 0 Å². The number of aromatic nitrogens is 1. The zero-order chi connectivity index (χ0) is 12.8. The number of nitrogens with one attached hydrogen (secondary N) is 1. The lowest BCUT2D eigenvalue weighted by Crippen LogP contribution is -2.39. The first-order chi connectivity index (χ1) is 8.79. The summed E-state index contributed by atoms with van der Waals surface area (Å²) in [5.41, 5.74) is 3.13. The van der Waals surface area contributed by atoms with Crippen LogP contribution in [0.4, 0.5) is 0 Å². The van der Waals surface area contributed by atoms with Crippen molar-refractivity contribution in [2.45, 2.75) is 44.7 Å². The highest BCUT2D eigenvalue weighted by Gasteiger charge is 2.23. The molecule has 3 nitrogen and oxygen atoms in total. The normalized spacial score (nSPS) is 25.3. The van der Waals surface area contributed by atoms with Crippen LogP contribution in [0, 0.1) is 5.92 Å². The monoisotopic (exact) mass is 267 g/mol. The minimum Gasteiger partial charge on any atom is -0.317 e. The van der Waals surface area contributed by atoms with Crippen molar-refractivity contribution >= 4 is 11.3 Å². The third-order valence-electron chi connectivity index (χ3n) is 3.99. The summed E-state index contributed by atoms with van der Waals surface area (Å²) in [6.07, 6.45) is 6.90. The van der Waals surface area contributed by atoms with Gasteiger partial charge in [-0.15, -0.1) is 11.3 Å². The third kappa shape index (κ3) is 4.04. The summed E-state index contributed by atoms with van der Waals surface area (Å²) in [5, 5.41) is 5.67. The van der Waals surface area contributed by atoms with Gasteiger partial charge in [0.25, 0.3) is 0 Å². The van der Waals surface area contributed by atoms with E-state index in [-0.39, 0.29) is 0 Å². The second kappa shape index (κ2) is 7.22. The summed E-state index contributed by atoms with van der Waals surface area (Å²) in [6, 6.07) is 0.699. The molecule has 0 aliphatic heterocycles. The molecule has 4 heteroatoms. The van der Waals surface area contributed by atoms with Gasteiger partial charge in [0, 0.05) is 24.5 Å². The van der Waals surface area contributed by atoms with E-state index in [4.69, 9.17) is 0 Å². The summed E-state index contributed by atoms with van der Waals surface area (Å²) in [5.74, 6) is 0.793. The van der Waals surface area contributed by atoms with Crippen molar-refractivity contribution in [1.29, 1.82) is 0 Å². The Balaban J connectivity index is 1.85. The van der Waals surface area contributed by atoms with Gasteiger partial charge in [-0.2, -0.15) is 0 Å². The molecule has 102 valence electrons. The fourth-order valence-corrected chi connectivity index (χ4v) is 3.59. The Labute approximate surface area is 115 Å². The van der Waals surface area contributed by atoms with Crippen molar-refractivity contribution in [3.8, 4) is 0 Å². The number of rotatable bonds is 5. The molecule has 1 aliphatic rings.